The van der Waals surface area contributed by atoms with Gasteiger partial charge in [-0.15, -0.1) is 0 Å². The van der Waals surface area contributed by atoms with E-state index in [0.29, 0.717) is 37.2 Å². The maximum absolute atomic E-state index is 13.4. The Balaban J connectivity index is 1.73. The van der Waals surface area contributed by atoms with Crippen molar-refractivity contribution in [2.75, 3.05) is 26.7 Å². The van der Waals surface area contributed by atoms with Gasteiger partial charge in [0.25, 0.3) is 0 Å². The van der Waals surface area contributed by atoms with Crippen molar-refractivity contribution in [3.05, 3.63) is 101 Å². The highest BCUT2D eigenvalue weighted by Gasteiger charge is 2.22. The molecule has 9 nitrogen and oxygen atoms in total. The van der Waals surface area contributed by atoms with Crippen molar-refractivity contribution in [2.45, 2.75) is 71.1 Å². The molecule has 0 aromatic heterocycles. The highest BCUT2D eigenvalue weighted by molar-refractivity contribution is 5.81. The van der Waals surface area contributed by atoms with Crippen LogP contribution in [-0.4, -0.2) is 66.6 Å². The second-order valence-electron chi connectivity index (χ2n) is 11.4. The first-order valence-electron chi connectivity index (χ1n) is 15.7. The van der Waals surface area contributed by atoms with Crippen LogP contribution in [0.5, 0.6) is 5.75 Å². The van der Waals surface area contributed by atoms with Crippen molar-refractivity contribution in [1.82, 2.24) is 15.5 Å². The van der Waals surface area contributed by atoms with E-state index in [1.165, 1.54) is 0 Å². The number of amides is 3. The number of ether oxygens (including phenoxy) is 1. The number of nitrogens with one attached hydrogen (secondary N) is 2. The fourth-order valence-electron chi connectivity index (χ4n) is 5.42. The first-order chi connectivity index (χ1) is 21.7. The van der Waals surface area contributed by atoms with Gasteiger partial charge in [-0.3, -0.25) is 14.4 Å². The van der Waals surface area contributed by atoms with E-state index in [4.69, 9.17) is 10.5 Å². The number of hydrogen-bond acceptors (Lipinski definition) is 6. The average Bonchev–Trinajstić information content (AvgIpc) is 3.00. The highest BCUT2D eigenvalue weighted by atomic mass is 16.5. The zero-order valence-electron chi connectivity index (χ0n) is 26.8. The van der Waals surface area contributed by atoms with Gasteiger partial charge in [-0.05, 0) is 59.2 Å². The summed E-state index contributed by atoms with van der Waals surface area (Å²) in [5.41, 5.74) is 9.57. The lowest BCUT2D eigenvalue weighted by Gasteiger charge is -2.25. The molecule has 0 saturated carbocycles. The maximum atomic E-state index is 13.4. The number of nitrogens with two attached hydrogens (primary N) is 1. The van der Waals surface area contributed by atoms with Crippen molar-refractivity contribution in [3.8, 4) is 5.75 Å². The van der Waals surface area contributed by atoms with Gasteiger partial charge in [0.2, 0.25) is 17.7 Å². The molecule has 0 spiro atoms. The van der Waals surface area contributed by atoms with Gasteiger partial charge < -0.3 is 31.1 Å². The summed E-state index contributed by atoms with van der Waals surface area (Å²) in [6.07, 6.45) is 1.53. The molecule has 3 aromatic rings. The Kier molecular flexibility index (Phi) is 14.6. The molecule has 0 unspecified atom stereocenters. The van der Waals surface area contributed by atoms with Crippen molar-refractivity contribution in [1.29, 1.82) is 0 Å². The molecule has 0 saturated heterocycles. The molecule has 0 radical (unpaired) electrons. The highest BCUT2D eigenvalue weighted by Crippen LogP contribution is 2.16. The summed E-state index contributed by atoms with van der Waals surface area (Å²) < 4.78 is 5.30. The lowest BCUT2D eigenvalue weighted by molar-refractivity contribution is -0.130. The maximum Gasteiger partial charge on any atom is 0.226 e. The van der Waals surface area contributed by atoms with Crippen molar-refractivity contribution in [2.24, 2.45) is 5.73 Å². The van der Waals surface area contributed by atoms with E-state index < -0.39 is 18.1 Å². The van der Waals surface area contributed by atoms with Crippen LogP contribution in [0.15, 0.2) is 72.8 Å². The molecule has 0 aliphatic carbocycles. The van der Waals surface area contributed by atoms with Gasteiger partial charge in [0, 0.05) is 26.2 Å². The number of carbonyl (C=O) groups is 3. The minimum absolute atomic E-state index is 0.0119. The number of aliphatic hydroxyl groups excluding tert-OH is 1. The third-order valence-electron chi connectivity index (χ3n) is 7.48. The molecule has 5 N–H and O–H groups in total. The van der Waals surface area contributed by atoms with Crippen molar-refractivity contribution in [3.63, 3.8) is 0 Å². The van der Waals surface area contributed by atoms with Crippen LogP contribution in [-0.2, 0) is 46.6 Å². The molecule has 0 fully saturated rings. The van der Waals surface area contributed by atoms with E-state index >= 15 is 0 Å². The minimum atomic E-state index is -0.864. The second-order valence-corrected chi connectivity index (χ2v) is 11.4. The van der Waals surface area contributed by atoms with Gasteiger partial charge in [0.1, 0.15) is 5.75 Å². The van der Waals surface area contributed by atoms with E-state index in [9.17, 15) is 19.5 Å². The van der Waals surface area contributed by atoms with Gasteiger partial charge in [-0.1, -0.05) is 74.5 Å². The SMILES string of the molecule is CCCN(CCC)C(=O)Cc1cc(CC(N)=O)cc(CC(=O)N[C@@H](Cc2ccccc2)[C@H](O)CNCc2cccc(OC)c2)c1. The molecule has 0 bridgehead atoms. The quantitative estimate of drug-likeness (QED) is 0.163. The molecule has 3 rings (SSSR count). The predicted octanol–water partition coefficient (Wildman–Crippen LogP) is 3.33. The molecule has 242 valence electrons. The Morgan fingerprint density at radius 3 is 2.07 bits per heavy atom. The summed E-state index contributed by atoms with van der Waals surface area (Å²) in [7, 11) is 1.62. The molecule has 9 heteroatoms. The van der Waals surface area contributed by atoms with Crippen LogP contribution in [0.25, 0.3) is 0 Å². The fourth-order valence-corrected chi connectivity index (χ4v) is 5.42. The lowest BCUT2D eigenvalue weighted by atomic mass is 9.98. The Labute approximate surface area is 267 Å². The lowest BCUT2D eigenvalue weighted by Crippen LogP contribution is -2.49. The Morgan fingerprint density at radius 2 is 1.44 bits per heavy atom. The minimum Gasteiger partial charge on any atom is -0.497 e. The zero-order valence-corrected chi connectivity index (χ0v) is 26.8. The summed E-state index contributed by atoms with van der Waals surface area (Å²) in [5, 5.41) is 17.5. The number of nitrogens with zero attached hydrogens (tertiary/aromatic N) is 1. The van der Waals surface area contributed by atoms with Gasteiger partial charge >= 0.3 is 0 Å². The Bertz CT molecular complexity index is 1370. The summed E-state index contributed by atoms with van der Waals surface area (Å²) in [5.74, 6) is 0.0170. The van der Waals surface area contributed by atoms with Crippen LogP contribution in [0, 0.1) is 0 Å². The van der Waals surface area contributed by atoms with E-state index in [1.54, 1.807) is 13.2 Å². The van der Waals surface area contributed by atoms with Gasteiger partial charge in [-0.25, -0.2) is 0 Å². The normalized spacial score (nSPS) is 12.3. The summed E-state index contributed by atoms with van der Waals surface area (Å²) in [6, 6.07) is 22.3. The number of hydrogen-bond donors (Lipinski definition) is 4. The molecule has 3 amide bonds. The molecule has 45 heavy (non-hydrogen) atoms. The third kappa shape index (κ3) is 12.4. The summed E-state index contributed by atoms with van der Waals surface area (Å²) in [6.45, 7) is 6.24. The van der Waals surface area contributed by atoms with Crippen molar-refractivity contribution < 1.29 is 24.2 Å². The van der Waals surface area contributed by atoms with Gasteiger partial charge in [0.05, 0.1) is 38.5 Å². The van der Waals surface area contributed by atoms with Crippen LogP contribution in [0.1, 0.15) is 54.5 Å². The van der Waals surface area contributed by atoms with Gasteiger partial charge in [-0.2, -0.15) is 0 Å². The topological polar surface area (TPSA) is 134 Å². The molecule has 3 aromatic carbocycles. The van der Waals surface area contributed by atoms with E-state index in [-0.39, 0.29) is 37.6 Å². The summed E-state index contributed by atoms with van der Waals surface area (Å²) >= 11 is 0. The number of methoxy groups -OCH3 is 1. The van der Waals surface area contributed by atoms with Gasteiger partial charge in [0.15, 0.2) is 0 Å². The Morgan fingerprint density at radius 1 is 0.822 bits per heavy atom. The predicted molar refractivity (Wildman–Crippen MR) is 177 cm³/mol. The zero-order chi connectivity index (χ0) is 32.6. The van der Waals surface area contributed by atoms with E-state index in [0.717, 1.165) is 35.3 Å². The number of aliphatic hydroxyl groups is 1. The number of primary amides is 1. The van der Waals surface area contributed by atoms with Crippen LogP contribution in [0.3, 0.4) is 0 Å². The van der Waals surface area contributed by atoms with Crippen LogP contribution in [0.2, 0.25) is 0 Å². The number of carbonyl (C=O) groups excluding carboxylic acids is 3. The molecule has 0 heterocycles. The molecule has 0 aliphatic rings. The standard InChI is InChI=1S/C36H48N4O5/c1-4-14-40(15-5-2)36(44)23-30-17-28(21-34(37)42)16-29(18-30)22-35(43)39-32(20-26-10-7-6-8-11-26)33(41)25-38-24-27-12-9-13-31(19-27)45-3/h6-13,16-19,32-33,38,41H,4-5,14-15,20-25H2,1-3H3,(H2,37,42)(H,39,43)/t32-,33+/m0/s1. The fraction of sp³-hybridized carbons (Fsp3) is 0.417. The number of benzene rings is 3. The first kappa shape index (κ1) is 35.3. The smallest absolute Gasteiger partial charge is 0.226 e. The largest absolute Gasteiger partial charge is 0.497 e. The first-order valence-corrected chi connectivity index (χ1v) is 15.7. The van der Waals surface area contributed by atoms with E-state index in [1.807, 2.05) is 85.5 Å². The molecular weight excluding hydrogens is 568 g/mol. The third-order valence-corrected chi connectivity index (χ3v) is 7.48. The molecule has 0 aliphatic heterocycles. The monoisotopic (exact) mass is 616 g/mol. The second kappa shape index (κ2) is 18.6. The van der Waals surface area contributed by atoms with Crippen molar-refractivity contribution >= 4 is 17.7 Å². The Hall–Kier alpha value is -4.21. The van der Waals surface area contributed by atoms with Crippen LogP contribution in [0.4, 0.5) is 0 Å². The van der Waals surface area contributed by atoms with Crippen LogP contribution < -0.4 is 21.1 Å². The number of rotatable bonds is 19. The molecule has 2 atom stereocenters. The average molecular weight is 617 g/mol. The van der Waals surface area contributed by atoms with Crippen LogP contribution >= 0.6 is 0 Å². The van der Waals surface area contributed by atoms with E-state index in [2.05, 4.69) is 10.6 Å². The summed E-state index contributed by atoms with van der Waals surface area (Å²) in [4.78, 5) is 40.1. The molecular formula is C36H48N4O5.